The summed E-state index contributed by atoms with van der Waals surface area (Å²) in [4.78, 5) is 23.8. The van der Waals surface area contributed by atoms with E-state index in [2.05, 4.69) is 15.9 Å². The van der Waals surface area contributed by atoms with E-state index in [9.17, 15) is 14.9 Å². The molecule has 0 radical (unpaired) electrons. The summed E-state index contributed by atoms with van der Waals surface area (Å²) in [5.74, 6) is -0.172. The van der Waals surface area contributed by atoms with E-state index < -0.39 is 4.92 Å². The Hall–Kier alpha value is -1.86. The Kier molecular flexibility index (Phi) is 4.64. The average Bonchev–Trinajstić information content (AvgIpc) is 2.86. The maximum Gasteiger partial charge on any atom is 0.289 e. The smallest absolute Gasteiger partial charge is 0.289 e. The van der Waals surface area contributed by atoms with Crippen LogP contribution in [0.1, 0.15) is 16.1 Å². The number of hydrogen-bond donors (Lipinski definition) is 0. The number of hydrogen-bond acceptors (Lipinski definition) is 4. The Balaban J connectivity index is 2.19. The quantitative estimate of drug-likeness (QED) is 0.602. The van der Waals surface area contributed by atoms with Crippen LogP contribution in [-0.4, -0.2) is 22.8 Å². The van der Waals surface area contributed by atoms with Crippen LogP contribution in [0, 0.1) is 10.1 Å². The predicted octanol–water partition coefficient (Wildman–Crippen LogP) is 3.88. The second-order valence-corrected chi connectivity index (χ2v) is 5.49. The molecule has 0 aliphatic heterocycles. The zero-order valence-electron chi connectivity index (χ0n) is 10.9. The molecule has 6 nitrogen and oxygen atoms in total. The van der Waals surface area contributed by atoms with Gasteiger partial charge in [0.15, 0.2) is 10.4 Å². The Morgan fingerprint density at radius 1 is 1.43 bits per heavy atom. The van der Waals surface area contributed by atoms with Gasteiger partial charge in [0, 0.05) is 30.7 Å². The van der Waals surface area contributed by atoms with Crippen molar-refractivity contribution in [3.8, 4) is 0 Å². The molecule has 0 fully saturated rings. The zero-order valence-corrected chi connectivity index (χ0v) is 13.2. The first-order valence-corrected chi connectivity index (χ1v) is 6.99. The first-order valence-electron chi connectivity index (χ1n) is 5.82. The minimum atomic E-state index is -0.509. The third kappa shape index (κ3) is 3.62. The normalized spacial score (nSPS) is 10.4. The molecule has 0 saturated heterocycles. The van der Waals surface area contributed by atoms with Gasteiger partial charge in [0.25, 0.3) is 11.6 Å². The number of benzene rings is 1. The van der Waals surface area contributed by atoms with Crippen molar-refractivity contribution in [2.45, 2.75) is 6.54 Å². The highest BCUT2D eigenvalue weighted by Gasteiger charge is 2.18. The summed E-state index contributed by atoms with van der Waals surface area (Å²) < 4.78 is 5.63. The summed E-state index contributed by atoms with van der Waals surface area (Å²) in [6.07, 6.45) is 0. The maximum atomic E-state index is 12.1. The highest BCUT2D eigenvalue weighted by atomic mass is 79.9. The van der Waals surface area contributed by atoms with E-state index in [1.165, 1.54) is 29.2 Å². The van der Waals surface area contributed by atoms with E-state index in [0.29, 0.717) is 15.3 Å². The van der Waals surface area contributed by atoms with Gasteiger partial charge in [-0.1, -0.05) is 11.6 Å². The standard InChI is InChI=1S/C13H10BrClN2O4/c1-16(13(18)11-4-5-12(14)21-11)7-8-6-9(17(19)20)2-3-10(8)15/h2-6H,7H2,1H3. The zero-order chi connectivity index (χ0) is 15.6. The van der Waals surface area contributed by atoms with Crippen molar-refractivity contribution in [1.29, 1.82) is 0 Å². The van der Waals surface area contributed by atoms with Crippen molar-refractivity contribution in [3.63, 3.8) is 0 Å². The average molecular weight is 374 g/mol. The van der Waals surface area contributed by atoms with E-state index >= 15 is 0 Å². The van der Waals surface area contributed by atoms with E-state index in [1.807, 2.05) is 0 Å². The lowest BCUT2D eigenvalue weighted by atomic mass is 10.2. The van der Waals surface area contributed by atoms with E-state index in [-0.39, 0.29) is 23.9 Å². The minimum Gasteiger partial charge on any atom is -0.444 e. The Morgan fingerprint density at radius 3 is 2.71 bits per heavy atom. The second kappa shape index (κ2) is 6.28. The molecule has 0 aliphatic rings. The molecule has 0 bridgehead atoms. The topological polar surface area (TPSA) is 76.6 Å². The third-order valence-corrected chi connectivity index (χ3v) is 3.57. The van der Waals surface area contributed by atoms with Crippen LogP contribution in [0.3, 0.4) is 0 Å². The molecule has 1 aromatic carbocycles. The van der Waals surface area contributed by atoms with Crippen molar-refractivity contribution in [2.24, 2.45) is 0 Å². The lowest BCUT2D eigenvalue weighted by Crippen LogP contribution is -2.26. The lowest BCUT2D eigenvalue weighted by Gasteiger charge is -2.16. The molecular formula is C13H10BrClN2O4. The molecule has 0 unspecified atom stereocenters. The predicted molar refractivity (Wildman–Crippen MR) is 80.3 cm³/mol. The van der Waals surface area contributed by atoms with Gasteiger partial charge in [-0.15, -0.1) is 0 Å². The fourth-order valence-corrected chi connectivity index (χ4v) is 2.22. The van der Waals surface area contributed by atoms with Gasteiger partial charge in [0.2, 0.25) is 0 Å². The number of nitro benzene ring substituents is 1. The van der Waals surface area contributed by atoms with E-state index in [0.717, 1.165) is 0 Å². The number of carbonyl (C=O) groups excluding carboxylic acids is 1. The van der Waals surface area contributed by atoms with Crippen LogP contribution in [0.2, 0.25) is 5.02 Å². The van der Waals surface area contributed by atoms with Gasteiger partial charge in [0.1, 0.15) is 0 Å². The molecule has 8 heteroatoms. The summed E-state index contributed by atoms with van der Waals surface area (Å²) in [7, 11) is 1.56. The van der Waals surface area contributed by atoms with Gasteiger partial charge in [-0.25, -0.2) is 0 Å². The second-order valence-electron chi connectivity index (χ2n) is 4.30. The van der Waals surface area contributed by atoms with Crippen molar-refractivity contribution in [3.05, 3.63) is 61.5 Å². The SMILES string of the molecule is CN(Cc1cc([N+](=O)[O-])ccc1Cl)C(=O)c1ccc(Br)o1. The molecule has 1 amide bonds. The summed E-state index contributed by atoms with van der Waals surface area (Å²) in [5.41, 5.74) is 0.420. The summed E-state index contributed by atoms with van der Waals surface area (Å²) in [6, 6.07) is 7.26. The van der Waals surface area contributed by atoms with Gasteiger partial charge < -0.3 is 9.32 Å². The molecular weight excluding hydrogens is 364 g/mol. The van der Waals surface area contributed by atoms with Crippen LogP contribution in [0.4, 0.5) is 5.69 Å². The molecule has 0 spiro atoms. The summed E-state index contributed by atoms with van der Waals surface area (Å²) in [5, 5.41) is 11.1. The van der Waals surface area contributed by atoms with Crippen LogP contribution >= 0.6 is 27.5 Å². The first kappa shape index (κ1) is 15.5. The monoisotopic (exact) mass is 372 g/mol. The van der Waals surface area contributed by atoms with Crippen molar-refractivity contribution in [2.75, 3.05) is 7.05 Å². The number of amides is 1. The summed E-state index contributed by atoms with van der Waals surface area (Å²) >= 11 is 9.13. The highest BCUT2D eigenvalue weighted by Crippen LogP contribution is 2.24. The molecule has 2 aromatic rings. The molecule has 0 N–H and O–H groups in total. The van der Waals surface area contributed by atoms with Crippen LogP contribution in [0.5, 0.6) is 0 Å². The van der Waals surface area contributed by atoms with Crippen LogP contribution in [0.15, 0.2) is 39.4 Å². The van der Waals surface area contributed by atoms with Gasteiger partial charge in [0.05, 0.1) is 4.92 Å². The van der Waals surface area contributed by atoms with E-state index in [4.69, 9.17) is 16.0 Å². The molecule has 1 aromatic heterocycles. The van der Waals surface area contributed by atoms with Gasteiger partial charge >= 0.3 is 0 Å². The number of carbonyl (C=O) groups is 1. The largest absolute Gasteiger partial charge is 0.444 e. The molecule has 0 aliphatic carbocycles. The van der Waals surface area contributed by atoms with Crippen molar-refractivity contribution in [1.82, 2.24) is 4.90 Å². The molecule has 2 rings (SSSR count). The first-order chi connectivity index (χ1) is 9.88. The Bertz CT molecular complexity index is 701. The molecule has 1 heterocycles. The minimum absolute atomic E-state index is 0.0732. The molecule has 0 atom stereocenters. The fourth-order valence-electron chi connectivity index (χ4n) is 1.74. The molecule has 21 heavy (non-hydrogen) atoms. The number of halogens is 2. The Morgan fingerprint density at radius 2 is 2.14 bits per heavy atom. The third-order valence-electron chi connectivity index (χ3n) is 2.78. The highest BCUT2D eigenvalue weighted by molar-refractivity contribution is 9.10. The van der Waals surface area contributed by atoms with Crippen molar-refractivity contribution < 1.29 is 14.1 Å². The molecule has 0 saturated carbocycles. The van der Waals surface area contributed by atoms with E-state index in [1.54, 1.807) is 13.1 Å². The lowest BCUT2D eigenvalue weighted by molar-refractivity contribution is -0.384. The Labute approximate surface area is 133 Å². The van der Waals surface area contributed by atoms with Crippen molar-refractivity contribution >= 4 is 39.1 Å². The number of non-ortho nitro benzene ring substituents is 1. The van der Waals surface area contributed by atoms with Crippen LogP contribution < -0.4 is 0 Å². The number of rotatable bonds is 4. The van der Waals surface area contributed by atoms with Gasteiger partial charge in [-0.05, 0) is 39.7 Å². The van der Waals surface area contributed by atoms with Crippen LogP contribution in [-0.2, 0) is 6.54 Å². The number of nitro groups is 1. The molecule has 110 valence electrons. The number of furan rings is 1. The summed E-state index contributed by atoms with van der Waals surface area (Å²) in [6.45, 7) is 0.137. The van der Waals surface area contributed by atoms with Gasteiger partial charge in [-0.2, -0.15) is 0 Å². The van der Waals surface area contributed by atoms with Gasteiger partial charge in [-0.3, -0.25) is 14.9 Å². The number of nitrogens with zero attached hydrogens (tertiary/aromatic N) is 2. The van der Waals surface area contributed by atoms with Crippen LogP contribution in [0.25, 0.3) is 0 Å². The maximum absolute atomic E-state index is 12.1. The fraction of sp³-hybridized carbons (Fsp3) is 0.154.